The van der Waals surface area contributed by atoms with Gasteiger partial charge in [-0.15, -0.1) is 0 Å². The number of anilines is 1. The minimum absolute atomic E-state index is 0.0344. The molecule has 1 unspecified atom stereocenters. The molecular weight excluding hydrogens is 457 g/mol. The second-order valence-electron chi connectivity index (χ2n) is 9.55. The highest BCUT2D eigenvalue weighted by molar-refractivity contribution is 6.51. The maximum absolute atomic E-state index is 13.8. The standard InChI is InChI=1S/C30H30FNO4/c1-16(2)23-15-24(19(5)14-25(23)36-6)28(33)26-27(20-8-10-21(31)11-9-20)32(30(35)29(26)34)22-12-7-17(3)18(4)13-22/h7-16,27,33H,1-6H3/b28-26+. The largest absolute Gasteiger partial charge is 0.507 e. The van der Waals surface area contributed by atoms with Crippen LogP contribution < -0.4 is 9.64 Å². The molecule has 1 aliphatic rings. The molecule has 36 heavy (non-hydrogen) atoms. The molecule has 0 bridgehead atoms. The van der Waals surface area contributed by atoms with Crippen molar-refractivity contribution in [2.45, 2.75) is 46.6 Å². The summed E-state index contributed by atoms with van der Waals surface area (Å²) < 4.78 is 19.3. The van der Waals surface area contributed by atoms with E-state index in [0.717, 1.165) is 16.7 Å². The van der Waals surface area contributed by atoms with Crippen molar-refractivity contribution >= 4 is 23.1 Å². The molecule has 4 rings (SSSR count). The number of aliphatic hydroxyl groups excluding tert-OH is 1. The third-order valence-corrected chi connectivity index (χ3v) is 6.85. The van der Waals surface area contributed by atoms with Crippen molar-refractivity contribution in [3.8, 4) is 5.75 Å². The Kier molecular flexibility index (Phi) is 6.72. The van der Waals surface area contributed by atoms with Gasteiger partial charge in [0, 0.05) is 11.3 Å². The first-order valence-electron chi connectivity index (χ1n) is 11.9. The van der Waals surface area contributed by atoms with Gasteiger partial charge >= 0.3 is 0 Å². The Morgan fingerprint density at radius 3 is 2.19 bits per heavy atom. The summed E-state index contributed by atoms with van der Waals surface area (Å²) in [6, 6.07) is 13.8. The Balaban J connectivity index is 1.99. The van der Waals surface area contributed by atoms with Gasteiger partial charge in [0.05, 0.1) is 18.7 Å². The first-order chi connectivity index (χ1) is 17.0. The molecule has 1 fully saturated rings. The number of ketones is 1. The number of nitrogens with zero attached hydrogens (tertiary/aromatic N) is 1. The van der Waals surface area contributed by atoms with Gasteiger partial charge in [0.25, 0.3) is 11.7 Å². The predicted molar refractivity (Wildman–Crippen MR) is 139 cm³/mol. The van der Waals surface area contributed by atoms with Gasteiger partial charge in [-0.2, -0.15) is 0 Å². The highest BCUT2D eigenvalue weighted by Crippen LogP contribution is 2.43. The van der Waals surface area contributed by atoms with Crippen LogP contribution in [0.1, 0.15) is 59.2 Å². The first-order valence-corrected chi connectivity index (χ1v) is 11.9. The highest BCUT2D eigenvalue weighted by Gasteiger charge is 2.47. The minimum Gasteiger partial charge on any atom is -0.507 e. The van der Waals surface area contributed by atoms with Gasteiger partial charge in [0.15, 0.2) is 0 Å². The van der Waals surface area contributed by atoms with Crippen LogP contribution in [0, 0.1) is 26.6 Å². The number of hydrogen-bond donors (Lipinski definition) is 1. The molecule has 0 spiro atoms. The summed E-state index contributed by atoms with van der Waals surface area (Å²) in [7, 11) is 1.59. The van der Waals surface area contributed by atoms with Crippen LogP contribution in [0.3, 0.4) is 0 Å². The van der Waals surface area contributed by atoms with Gasteiger partial charge in [-0.05, 0) is 90.9 Å². The average molecular weight is 488 g/mol. The number of rotatable bonds is 5. The van der Waals surface area contributed by atoms with Gasteiger partial charge in [-0.1, -0.05) is 32.0 Å². The van der Waals surface area contributed by atoms with Crippen LogP contribution in [-0.2, 0) is 9.59 Å². The summed E-state index contributed by atoms with van der Waals surface area (Å²) in [6.45, 7) is 9.72. The number of carbonyl (C=O) groups is 2. The molecule has 0 aromatic heterocycles. The summed E-state index contributed by atoms with van der Waals surface area (Å²) >= 11 is 0. The van der Waals surface area contributed by atoms with Crippen LogP contribution in [0.4, 0.5) is 10.1 Å². The van der Waals surface area contributed by atoms with Crippen LogP contribution >= 0.6 is 0 Å². The SMILES string of the molecule is COc1cc(C)c(/C(O)=C2\C(=O)C(=O)N(c3ccc(C)c(C)c3)C2c2ccc(F)cc2)cc1C(C)C. The van der Waals surface area contributed by atoms with Crippen LogP contribution in [0.25, 0.3) is 5.76 Å². The second-order valence-corrected chi connectivity index (χ2v) is 9.55. The molecule has 1 amide bonds. The monoisotopic (exact) mass is 487 g/mol. The molecular formula is C30H30FNO4. The number of Topliss-reactive ketones (excluding diaryl/α,β-unsaturated/α-hetero) is 1. The fraction of sp³-hybridized carbons (Fsp3) is 0.267. The number of benzene rings is 3. The Morgan fingerprint density at radius 2 is 1.61 bits per heavy atom. The third-order valence-electron chi connectivity index (χ3n) is 6.85. The third kappa shape index (κ3) is 4.28. The van der Waals surface area contributed by atoms with Crippen molar-refractivity contribution in [3.05, 3.63) is 99.4 Å². The molecule has 5 nitrogen and oxygen atoms in total. The molecule has 1 atom stereocenters. The topological polar surface area (TPSA) is 66.8 Å². The van der Waals surface area contributed by atoms with E-state index >= 15 is 0 Å². The normalized spacial score (nSPS) is 17.2. The molecule has 1 saturated heterocycles. The minimum atomic E-state index is -0.920. The van der Waals surface area contributed by atoms with E-state index in [9.17, 15) is 19.1 Å². The van der Waals surface area contributed by atoms with Gasteiger partial charge in [0.1, 0.15) is 17.3 Å². The first kappa shape index (κ1) is 25.2. The molecule has 3 aromatic rings. The number of halogens is 1. The van der Waals surface area contributed by atoms with E-state index in [2.05, 4.69) is 0 Å². The van der Waals surface area contributed by atoms with Crippen molar-refractivity contribution < 1.29 is 23.8 Å². The Bertz CT molecular complexity index is 1390. The van der Waals surface area contributed by atoms with Crippen molar-refractivity contribution in [3.63, 3.8) is 0 Å². The highest BCUT2D eigenvalue weighted by atomic mass is 19.1. The Morgan fingerprint density at radius 1 is 0.944 bits per heavy atom. The van der Waals surface area contributed by atoms with Gasteiger partial charge in [0.2, 0.25) is 0 Å². The molecule has 0 aliphatic carbocycles. The lowest BCUT2D eigenvalue weighted by atomic mass is 9.91. The molecule has 1 aliphatic heterocycles. The molecule has 0 saturated carbocycles. The maximum Gasteiger partial charge on any atom is 0.300 e. The number of hydrogen-bond acceptors (Lipinski definition) is 4. The van der Waals surface area contributed by atoms with E-state index in [1.165, 1.54) is 29.2 Å². The average Bonchev–Trinajstić information content (AvgIpc) is 3.10. The van der Waals surface area contributed by atoms with Crippen molar-refractivity contribution in [1.82, 2.24) is 0 Å². The molecule has 6 heteroatoms. The van der Waals surface area contributed by atoms with Crippen LogP contribution in [0.2, 0.25) is 0 Å². The Labute approximate surface area is 210 Å². The summed E-state index contributed by atoms with van der Waals surface area (Å²) in [5.74, 6) is -1.46. The number of amides is 1. The second kappa shape index (κ2) is 9.61. The lowest BCUT2D eigenvalue weighted by Gasteiger charge is -2.26. The lowest BCUT2D eigenvalue weighted by Crippen LogP contribution is -2.29. The van der Waals surface area contributed by atoms with Gasteiger partial charge in [-0.3, -0.25) is 14.5 Å². The van der Waals surface area contributed by atoms with Crippen molar-refractivity contribution in [2.75, 3.05) is 12.0 Å². The smallest absolute Gasteiger partial charge is 0.300 e. The van der Waals surface area contributed by atoms with Gasteiger partial charge < -0.3 is 9.84 Å². The van der Waals surface area contributed by atoms with Crippen molar-refractivity contribution in [1.29, 1.82) is 0 Å². The molecule has 186 valence electrons. The van der Waals surface area contributed by atoms with E-state index in [1.807, 2.05) is 52.8 Å². The van der Waals surface area contributed by atoms with Crippen LogP contribution in [-0.4, -0.2) is 23.9 Å². The number of aliphatic hydroxyl groups is 1. The quantitative estimate of drug-likeness (QED) is 0.253. The number of carbonyl (C=O) groups excluding carboxylic acids is 2. The summed E-state index contributed by atoms with van der Waals surface area (Å²) in [5.41, 5.74) is 5.03. The van der Waals surface area contributed by atoms with E-state index in [1.54, 1.807) is 19.2 Å². The zero-order valence-electron chi connectivity index (χ0n) is 21.3. The molecule has 3 aromatic carbocycles. The molecule has 1 N–H and O–H groups in total. The summed E-state index contributed by atoms with van der Waals surface area (Å²) in [4.78, 5) is 28.2. The molecule has 1 heterocycles. The number of aryl methyl sites for hydroxylation is 3. The lowest BCUT2D eigenvalue weighted by molar-refractivity contribution is -0.132. The fourth-order valence-corrected chi connectivity index (χ4v) is 4.66. The fourth-order valence-electron chi connectivity index (χ4n) is 4.66. The van der Waals surface area contributed by atoms with Crippen LogP contribution in [0.5, 0.6) is 5.75 Å². The van der Waals surface area contributed by atoms with Gasteiger partial charge in [-0.25, -0.2) is 4.39 Å². The van der Waals surface area contributed by atoms with E-state index in [0.29, 0.717) is 28.1 Å². The Hall–Kier alpha value is -3.93. The number of ether oxygens (including phenoxy) is 1. The number of methoxy groups -OCH3 is 1. The summed E-state index contributed by atoms with van der Waals surface area (Å²) in [5, 5.41) is 11.6. The van der Waals surface area contributed by atoms with E-state index in [-0.39, 0.29) is 17.3 Å². The summed E-state index contributed by atoms with van der Waals surface area (Å²) in [6.07, 6.45) is 0. The predicted octanol–water partition coefficient (Wildman–Crippen LogP) is 6.51. The molecule has 0 radical (unpaired) electrons. The van der Waals surface area contributed by atoms with Crippen LogP contribution in [0.15, 0.2) is 60.2 Å². The zero-order valence-corrected chi connectivity index (χ0v) is 21.3. The van der Waals surface area contributed by atoms with Crippen molar-refractivity contribution in [2.24, 2.45) is 0 Å². The van der Waals surface area contributed by atoms with E-state index in [4.69, 9.17) is 4.74 Å². The van der Waals surface area contributed by atoms with E-state index < -0.39 is 23.5 Å². The maximum atomic E-state index is 13.8. The zero-order chi connectivity index (χ0) is 26.3.